The van der Waals surface area contributed by atoms with Gasteiger partial charge >= 0.3 is 0 Å². The van der Waals surface area contributed by atoms with Crippen LogP contribution >= 0.6 is 0 Å². The van der Waals surface area contributed by atoms with Crippen molar-refractivity contribution >= 4 is 0 Å². The molecule has 3 aromatic rings. The normalized spacial score (nSPS) is 16.7. The number of rotatable bonds is 6. The van der Waals surface area contributed by atoms with Crippen molar-refractivity contribution in [3.05, 3.63) is 120 Å². The average molecular weight is 340 g/mol. The van der Waals surface area contributed by atoms with Gasteiger partial charge in [0.2, 0.25) is 0 Å². The molecule has 3 aromatic carbocycles. The van der Waals surface area contributed by atoms with Crippen molar-refractivity contribution in [2.75, 3.05) is 6.61 Å². The fraction of sp³-hybridized carbons (Fsp3) is 0.200. The van der Waals surface area contributed by atoms with Crippen LogP contribution in [0.5, 0.6) is 0 Å². The standard InChI is InChI=1S/C25H24O/c1-4-14-22(15-5-1)25(23-16-6-2-7-17-23,24-18-8-3-9-19-24)26-20-21-12-10-11-13-21/h1-10,12,14-19,21H,11,13,20H2. The number of ether oxygens (including phenoxy) is 1. The van der Waals surface area contributed by atoms with Gasteiger partial charge in [-0.25, -0.2) is 0 Å². The van der Waals surface area contributed by atoms with Crippen LogP contribution in [0.25, 0.3) is 0 Å². The molecule has 0 radical (unpaired) electrons. The van der Waals surface area contributed by atoms with Crippen LogP contribution in [0.1, 0.15) is 29.5 Å². The van der Waals surface area contributed by atoms with Gasteiger partial charge in [0, 0.05) is 5.92 Å². The van der Waals surface area contributed by atoms with Crippen LogP contribution in [0.3, 0.4) is 0 Å². The molecule has 1 unspecified atom stereocenters. The Morgan fingerprint density at radius 1 is 0.692 bits per heavy atom. The van der Waals surface area contributed by atoms with E-state index < -0.39 is 5.60 Å². The first-order valence-electron chi connectivity index (χ1n) is 9.37. The van der Waals surface area contributed by atoms with Crippen LogP contribution < -0.4 is 0 Å². The van der Waals surface area contributed by atoms with Gasteiger partial charge in [0.15, 0.2) is 0 Å². The summed E-state index contributed by atoms with van der Waals surface area (Å²) in [6.07, 6.45) is 6.90. The molecule has 0 saturated carbocycles. The SMILES string of the molecule is C1=CC(COC(c2ccccc2)(c2ccccc2)c2ccccc2)CC1. The van der Waals surface area contributed by atoms with E-state index in [2.05, 4.69) is 103 Å². The summed E-state index contributed by atoms with van der Waals surface area (Å²) in [5.74, 6) is 0.491. The zero-order valence-corrected chi connectivity index (χ0v) is 14.9. The van der Waals surface area contributed by atoms with E-state index in [1.165, 1.54) is 23.1 Å². The molecule has 1 heteroatoms. The Kier molecular flexibility index (Phi) is 4.99. The zero-order valence-electron chi connectivity index (χ0n) is 14.9. The summed E-state index contributed by atoms with van der Waals surface area (Å²) in [4.78, 5) is 0. The van der Waals surface area contributed by atoms with E-state index in [1.54, 1.807) is 0 Å². The van der Waals surface area contributed by atoms with E-state index in [1.807, 2.05) is 0 Å². The Hall–Kier alpha value is -2.64. The van der Waals surface area contributed by atoms with Crippen molar-refractivity contribution in [1.29, 1.82) is 0 Å². The van der Waals surface area contributed by atoms with Crippen molar-refractivity contribution in [2.45, 2.75) is 18.4 Å². The lowest BCUT2D eigenvalue weighted by Crippen LogP contribution is -2.34. The Bertz CT molecular complexity index is 740. The van der Waals surface area contributed by atoms with E-state index in [-0.39, 0.29) is 0 Å². The smallest absolute Gasteiger partial charge is 0.143 e. The molecule has 4 rings (SSSR count). The lowest BCUT2D eigenvalue weighted by molar-refractivity contribution is -0.000641. The molecule has 1 aliphatic rings. The van der Waals surface area contributed by atoms with Crippen molar-refractivity contribution in [1.82, 2.24) is 0 Å². The lowest BCUT2D eigenvalue weighted by atomic mass is 9.80. The van der Waals surface area contributed by atoms with Gasteiger partial charge in [-0.1, -0.05) is 103 Å². The van der Waals surface area contributed by atoms with Crippen LogP contribution in [0.15, 0.2) is 103 Å². The zero-order chi connectivity index (χ0) is 17.7. The van der Waals surface area contributed by atoms with Crippen LogP contribution in [0.2, 0.25) is 0 Å². The Labute approximate surface area is 156 Å². The number of hydrogen-bond acceptors (Lipinski definition) is 1. The molecule has 0 fully saturated rings. The molecular formula is C25H24O. The maximum atomic E-state index is 6.82. The molecule has 0 aliphatic heterocycles. The van der Waals surface area contributed by atoms with E-state index in [0.29, 0.717) is 5.92 Å². The summed E-state index contributed by atoms with van der Waals surface area (Å²) in [7, 11) is 0. The number of allylic oxidation sites excluding steroid dienone is 1. The van der Waals surface area contributed by atoms with E-state index in [9.17, 15) is 0 Å². The fourth-order valence-electron chi connectivity index (χ4n) is 3.83. The summed E-state index contributed by atoms with van der Waals surface area (Å²) < 4.78 is 6.82. The van der Waals surface area contributed by atoms with Crippen LogP contribution in [0.4, 0.5) is 0 Å². The maximum Gasteiger partial charge on any atom is 0.143 e. The minimum absolute atomic E-state index is 0.491. The molecule has 26 heavy (non-hydrogen) atoms. The van der Waals surface area contributed by atoms with Gasteiger partial charge in [0.25, 0.3) is 0 Å². The van der Waals surface area contributed by atoms with Crippen molar-refractivity contribution < 1.29 is 4.74 Å². The number of benzene rings is 3. The highest BCUT2D eigenvalue weighted by atomic mass is 16.5. The highest BCUT2D eigenvalue weighted by Gasteiger charge is 2.37. The highest BCUT2D eigenvalue weighted by Crippen LogP contribution is 2.41. The lowest BCUT2D eigenvalue weighted by Gasteiger charge is -2.36. The second-order valence-electron chi connectivity index (χ2n) is 6.86. The van der Waals surface area contributed by atoms with E-state index in [0.717, 1.165) is 13.0 Å². The first-order valence-corrected chi connectivity index (χ1v) is 9.37. The molecule has 0 spiro atoms. The minimum Gasteiger partial charge on any atom is -0.360 e. The average Bonchev–Trinajstić information content (AvgIpc) is 3.25. The predicted molar refractivity (Wildman–Crippen MR) is 107 cm³/mol. The molecular weight excluding hydrogens is 316 g/mol. The molecule has 0 bridgehead atoms. The van der Waals surface area contributed by atoms with E-state index >= 15 is 0 Å². The van der Waals surface area contributed by atoms with Crippen LogP contribution in [-0.2, 0) is 10.3 Å². The van der Waals surface area contributed by atoms with Gasteiger partial charge in [0.05, 0.1) is 6.61 Å². The summed E-state index contributed by atoms with van der Waals surface area (Å²) in [5, 5.41) is 0. The number of hydrogen-bond donors (Lipinski definition) is 0. The van der Waals surface area contributed by atoms with Crippen molar-refractivity contribution in [3.63, 3.8) is 0 Å². The molecule has 0 N–H and O–H groups in total. The van der Waals surface area contributed by atoms with Gasteiger partial charge < -0.3 is 4.74 Å². The Morgan fingerprint density at radius 3 is 1.54 bits per heavy atom. The molecule has 0 saturated heterocycles. The van der Waals surface area contributed by atoms with Crippen LogP contribution in [0, 0.1) is 5.92 Å². The predicted octanol–water partition coefficient (Wildman–Crippen LogP) is 5.96. The molecule has 1 aliphatic carbocycles. The monoisotopic (exact) mass is 340 g/mol. The third-order valence-electron chi connectivity index (χ3n) is 5.17. The Balaban J connectivity index is 1.86. The largest absolute Gasteiger partial charge is 0.360 e. The molecule has 1 nitrogen and oxygen atoms in total. The minimum atomic E-state index is -0.597. The summed E-state index contributed by atoms with van der Waals surface area (Å²) in [6.45, 7) is 0.717. The highest BCUT2D eigenvalue weighted by molar-refractivity contribution is 5.47. The molecule has 0 heterocycles. The first kappa shape index (κ1) is 16.8. The topological polar surface area (TPSA) is 9.23 Å². The van der Waals surface area contributed by atoms with Gasteiger partial charge in [-0.05, 0) is 29.5 Å². The summed E-state index contributed by atoms with van der Waals surface area (Å²) >= 11 is 0. The Morgan fingerprint density at radius 2 is 1.15 bits per heavy atom. The quantitative estimate of drug-likeness (QED) is 0.397. The molecule has 130 valence electrons. The second kappa shape index (κ2) is 7.72. The molecule has 0 amide bonds. The second-order valence-corrected chi connectivity index (χ2v) is 6.86. The molecule has 1 atom stereocenters. The van der Waals surface area contributed by atoms with Gasteiger partial charge in [0.1, 0.15) is 5.60 Å². The summed E-state index contributed by atoms with van der Waals surface area (Å²) in [5.41, 5.74) is 2.90. The van der Waals surface area contributed by atoms with Crippen molar-refractivity contribution in [3.8, 4) is 0 Å². The van der Waals surface area contributed by atoms with Gasteiger partial charge in [-0.3, -0.25) is 0 Å². The first-order chi connectivity index (χ1) is 12.9. The fourth-order valence-corrected chi connectivity index (χ4v) is 3.83. The van der Waals surface area contributed by atoms with Crippen LogP contribution in [-0.4, -0.2) is 6.61 Å². The third kappa shape index (κ3) is 3.23. The van der Waals surface area contributed by atoms with Crippen molar-refractivity contribution in [2.24, 2.45) is 5.92 Å². The van der Waals surface area contributed by atoms with Gasteiger partial charge in [-0.2, -0.15) is 0 Å². The molecule has 0 aromatic heterocycles. The maximum absolute atomic E-state index is 6.82. The van der Waals surface area contributed by atoms with E-state index in [4.69, 9.17) is 4.74 Å². The summed E-state index contributed by atoms with van der Waals surface area (Å²) in [6, 6.07) is 31.8. The van der Waals surface area contributed by atoms with Gasteiger partial charge in [-0.15, -0.1) is 0 Å². The third-order valence-corrected chi connectivity index (χ3v) is 5.17.